The Bertz CT molecular complexity index is 452. The normalized spacial score (nSPS) is 17.9. The third-order valence-electron chi connectivity index (χ3n) is 3.16. The maximum atomic E-state index is 12.2. The average Bonchev–Trinajstić information content (AvgIpc) is 3.13. The van der Waals surface area contributed by atoms with E-state index in [0.29, 0.717) is 10.8 Å². The van der Waals surface area contributed by atoms with E-state index in [0.717, 1.165) is 19.4 Å². The van der Waals surface area contributed by atoms with Crippen molar-refractivity contribution in [2.24, 2.45) is 5.92 Å². The molecule has 3 nitrogen and oxygen atoms in total. The third kappa shape index (κ3) is 3.30. The van der Waals surface area contributed by atoms with E-state index in [4.69, 9.17) is 0 Å². The molecule has 0 saturated heterocycles. The molecule has 0 radical (unpaired) electrons. The second-order valence-electron chi connectivity index (χ2n) is 4.60. The largest absolute Gasteiger partial charge is 0.313 e. The fourth-order valence-electron chi connectivity index (χ4n) is 2.08. The van der Waals surface area contributed by atoms with Crippen molar-refractivity contribution in [3.05, 3.63) is 30.3 Å². The molecule has 94 valence electrons. The molecule has 0 amide bonds. The number of hydrogen-bond acceptors (Lipinski definition) is 3. The standard InChI is InChI=1S/C13H19NO2S/c1-2-14-13(11-8-9-11)10-17(15,16)12-6-4-3-5-7-12/h3-7,11,13-14H,2,8-10H2,1H3. The first-order valence-corrected chi connectivity index (χ1v) is 7.80. The molecule has 1 aromatic rings. The maximum Gasteiger partial charge on any atom is 0.179 e. The summed E-state index contributed by atoms with van der Waals surface area (Å²) in [6.45, 7) is 2.84. The summed E-state index contributed by atoms with van der Waals surface area (Å²) in [4.78, 5) is 0.434. The zero-order chi connectivity index (χ0) is 12.3. The second kappa shape index (κ2) is 5.19. The van der Waals surface area contributed by atoms with Gasteiger partial charge >= 0.3 is 0 Å². The van der Waals surface area contributed by atoms with Gasteiger partial charge in [0.05, 0.1) is 10.6 Å². The van der Waals surface area contributed by atoms with Gasteiger partial charge in [0.15, 0.2) is 9.84 Å². The van der Waals surface area contributed by atoms with E-state index in [1.807, 2.05) is 13.0 Å². The number of benzene rings is 1. The Morgan fingerprint density at radius 2 is 1.94 bits per heavy atom. The number of hydrogen-bond donors (Lipinski definition) is 1. The number of nitrogens with one attached hydrogen (secondary N) is 1. The van der Waals surface area contributed by atoms with Gasteiger partial charge in [-0.2, -0.15) is 0 Å². The molecule has 0 aromatic heterocycles. The molecule has 0 spiro atoms. The van der Waals surface area contributed by atoms with Gasteiger partial charge < -0.3 is 5.32 Å². The van der Waals surface area contributed by atoms with Gasteiger partial charge in [0.1, 0.15) is 0 Å². The van der Waals surface area contributed by atoms with Crippen LogP contribution in [0.1, 0.15) is 19.8 Å². The summed E-state index contributed by atoms with van der Waals surface area (Å²) in [5, 5.41) is 3.29. The minimum atomic E-state index is -3.15. The summed E-state index contributed by atoms with van der Waals surface area (Å²) in [7, 11) is -3.15. The molecule has 1 saturated carbocycles. The molecule has 1 aromatic carbocycles. The minimum Gasteiger partial charge on any atom is -0.313 e. The number of sulfone groups is 1. The Labute approximate surface area is 103 Å². The van der Waals surface area contributed by atoms with Crippen LogP contribution in [0.3, 0.4) is 0 Å². The highest BCUT2D eigenvalue weighted by atomic mass is 32.2. The van der Waals surface area contributed by atoms with Crippen LogP contribution < -0.4 is 5.32 Å². The predicted octanol–water partition coefficient (Wildman–Crippen LogP) is 1.85. The van der Waals surface area contributed by atoms with Crippen molar-refractivity contribution in [2.75, 3.05) is 12.3 Å². The SMILES string of the molecule is CCNC(CS(=O)(=O)c1ccccc1)C1CC1. The fourth-order valence-corrected chi connectivity index (χ4v) is 3.71. The van der Waals surface area contributed by atoms with Crippen molar-refractivity contribution in [1.82, 2.24) is 5.32 Å². The summed E-state index contributed by atoms with van der Waals surface area (Å²) in [5.41, 5.74) is 0. The summed E-state index contributed by atoms with van der Waals surface area (Å²) in [6, 6.07) is 8.83. The molecule has 1 aliphatic rings. The Balaban J connectivity index is 2.10. The Kier molecular flexibility index (Phi) is 3.84. The Morgan fingerprint density at radius 1 is 1.29 bits per heavy atom. The van der Waals surface area contributed by atoms with Crippen LogP contribution in [-0.4, -0.2) is 26.8 Å². The lowest BCUT2D eigenvalue weighted by Gasteiger charge is -2.17. The first-order valence-electron chi connectivity index (χ1n) is 6.14. The lowest BCUT2D eigenvalue weighted by Crippen LogP contribution is -2.37. The molecule has 17 heavy (non-hydrogen) atoms. The second-order valence-corrected chi connectivity index (χ2v) is 6.63. The number of rotatable bonds is 6. The van der Waals surface area contributed by atoms with Gasteiger partial charge in [-0.05, 0) is 37.4 Å². The summed E-state index contributed by atoms with van der Waals surface area (Å²) >= 11 is 0. The van der Waals surface area contributed by atoms with Crippen LogP contribution in [0.4, 0.5) is 0 Å². The molecule has 0 heterocycles. The lowest BCUT2D eigenvalue weighted by atomic mass is 10.2. The average molecular weight is 253 g/mol. The van der Waals surface area contributed by atoms with Gasteiger partial charge in [0.2, 0.25) is 0 Å². The van der Waals surface area contributed by atoms with Crippen LogP contribution in [-0.2, 0) is 9.84 Å². The van der Waals surface area contributed by atoms with E-state index in [9.17, 15) is 8.42 Å². The van der Waals surface area contributed by atoms with Crippen LogP contribution >= 0.6 is 0 Å². The zero-order valence-electron chi connectivity index (χ0n) is 10.1. The molecular formula is C13H19NO2S. The van der Waals surface area contributed by atoms with Gasteiger partial charge in [-0.15, -0.1) is 0 Å². The highest BCUT2D eigenvalue weighted by Gasteiger charge is 2.34. The summed E-state index contributed by atoms with van der Waals surface area (Å²) in [5.74, 6) is 0.767. The van der Waals surface area contributed by atoms with Crippen LogP contribution in [0.5, 0.6) is 0 Å². The quantitative estimate of drug-likeness (QED) is 0.841. The molecular weight excluding hydrogens is 234 g/mol. The molecule has 0 aliphatic heterocycles. The van der Waals surface area contributed by atoms with Crippen molar-refractivity contribution in [1.29, 1.82) is 0 Å². The molecule has 1 N–H and O–H groups in total. The molecule has 1 fully saturated rings. The fraction of sp³-hybridized carbons (Fsp3) is 0.538. The van der Waals surface area contributed by atoms with E-state index in [2.05, 4.69) is 5.32 Å². The minimum absolute atomic E-state index is 0.116. The lowest BCUT2D eigenvalue weighted by molar-refractivity contribution is 0.502. The van der Waals surface area contributed by atoms with Crippen molar-refractivity contribution in [3.8, 4) is 0 Å². The molecule has 0 bridgehead atoms. The van der Waals surface area contributed by atoms with Gasteiger partial charge in [0, 0.05) is 6.04 Å². The molecule has 1 atom stereocenters. The topological polar surface area (TPSA) is 46.2 Å². The maximum absolute atomic E-state index is 12.2. The summed E-state index contributed by atoms with van der Waals surface area (Å²) < 4.78 is 24.4. The van der Waals surface area contributed by atoms with Gasteiger partial charge in [0.25, 0.3) is 0 Å². The summed E-state index contributed by atoms with van der Waals surface area (Å²) in [6.07, 6.45) is 2.31. The van der Waals surface area contributed by atoms with Gasteiger partial charge in [-0.3, -0.25) is 0 Å². The van der Waals surface area contributed by atoms with Crippen molar-refractivity contribution in [3.63, 3.8) is 0 Å². The molecule has 2 rings (SSSR count). The van der Waals surface area contributed by atoms with E-state index < -0.39 is 9.84 Å². The van der Waals surface area contributed by atoms with Crippen LogP contribution in [0.15, 0.2) is 35.2 Å². The van der Waals surface area contributed by atoms with Crippen LogP contribution in [0.2, 0.25) is 0 Å². The first-order chi connectivity index (χ1) is 8.13. The highest BCUT2D eigenvalue weighted by molar-refractivity contribution is 7.91. The van der Waals surface area contributed by atoms with Crippen molar-refractivity contribution in [2.45, 2.75) is 30.7 Å². The van der Waals surface area contributed by atoms with Crippen LogP contribution in [0, 0.1) is 5.92 Å². The van der Waals surface area contributed by atoms with E-state index in [-0.39, 0.29) is 11.8 Å². The zero-order valence-corrected chi connectivity index (χ0v) is 10.9. The molecule has 1 aliphatic carbocycles. The highest BCUT2D eigenvalue weighted by Crippen LogP contribution is 2.33. The van der Waals surface area contributed by atoms with E-state index in [1.54, 1.807) is 24.3 Å². The van der Waals surface area contributed by atoms with Gasteiger partial charge in [-0.25, -0.2) is 8.42 Å². The third-order valence-corrected chi connectivity index (χ3v) is 4.95. The Morgan fingerprint density at radius 3 is 2.47 bits per heavy atom. The van der Waals surface area contributed by atoms with Crippen LogP contribution in [0.25, 0.3) is 0 Å². The molecule has 4 heteroatoms. The molecule has 1 unspecified atom stereocenters. The predicted molar refractivity (Wildman–Crippen MR) is 68.7 cm³/mol. The Hall–Kier alpha value is -0.870. The van der Waals surface area contributed by atoms with Crippen molar-refractivity contribution >= 4 is 9.84 Å². The first kappa shape index (κ1) is 12.6. The smallest absolute Gasteiger partial charge is 0.179 e. The monoisotopic (exact) mass is 253 g/mol. The van der Waals surface area contributed by atoms with E-state index in [1.165, 1.54) is 0 Å². The van der Waals surface area contributed by atoms with Crippen molar-refractivity contribution < 1.29 is 8.42 Å². The van der Waals surface area contributed by atoms with E-state index >= 15 is 0 Å². The van der Waals surface area contributed by atoms with Gasteiger partial charge in [-0.1, -0.05) is 25.1 Å².